The van der Waals surface area contributed by atoms with E-state index >= 15 is 0 Å². The SMILES string of the molecule is CCOc1ccc(C2C(C(=O)OC)=C(CC)Nc3ncnn32)cc1. The fourth-order valence-electron chi connectivity index (χ4n) is 2.86. The highest BCUT2D eigenvalue weighted by Gasteiger charge is 2.34. The molecule has 1 unspecified atom stereocenters. The topological polar surface area (TPSA) is 78.3 Å². The zero-order valence-electron chi connectivity index (χ0n) is 13.9. The lowest BCUT2D eigenvalue weighted by molar-refractivity contribution is -0.136. The van der Waals surface area contributed by atoms with Crippen molar-refractivity contribution in [3.63, 3.8) is 0 Å². The zero-order valence-corrected chi connectivity index (χ0v) is 13.9. The Hall–Kier alpha value is -2.83. The molecule has 24 heavy (non-hydrogen) atoms. The van der Waals surface area contributed by atoms with Gasteiger partial charge in [0.1, 0.15) is 18.1 Å². The van der Waals surface area contributed by atoms with E-state index in [1.54, 1.807) is 4.68 Å². The second-order valence-electron chi connectivity index (χ2n) is 5.30. The molecule has 0 amide bonds. The quantitative estimate of drug-likeness (QED) is 0.850. The van der Waals surface area contributed by atoms with Crippen LogP contribution in [-0.2, 0) is 9.53 Å². The van der Waals surface area contributed by atoms with Gasteiger partial charge in [-0.1, -0.05) is 19.1 Å². The minimum Gasteiger partial charge on any atom is -0.494 e. The first-order valence-corrected chi connectivity index (χ1v) is 7.90. The molecule has 0 fully saturated rings. The molecule has 0 bridgehead atoms. The van der Waals surface area contributed by atoms with Crippen LogP contribution >= 0.6 is 0 Å². The van der Waals surface area contributed by atoms with Gasteiger partial charge in [-0.15, -0.1) is 0 Å². The van der Waals surface area contributed by atoms with Crippen LogP contribution in [0, 0.1) is 0 Å². The maximum absolute atomic E-state index is 12.4. The maximum Gasteiger partial charge on any atom is 0.338 e. The fraction of sp³-hybridized carbons (Fsp3) is 0.353. The lowest BCUT2D eigenvalue weighted by Crippen LogP contribution is -2.29. The Kier molecular flexibility index (Phi) is 4.50. The van der Waals surface area contributed by atoms with Crippen LogP contribution in [0.25, 0.3) is 0 Å². The van der Waals surface area contributed by atoms with Gasteiger partial charge in [-0.3, -0.25) is 0 Å². The van der Waals surface area contributed by atoms with Crippen molar-refractivity contribution in [3.8, 4) is 5.75 Å². The number of benzene rings is 1. The molecule has 7 heteroatoms. The smallest absolute Gasteiger partial charge is 0.338 e. The summed E-state index contributed by atoms with van der Waals surface area (Å²) in [6.45, 7) is 4.52. The molecule has 126 valence electrons. The summed E-state index contributed by atoms with van der Waals surface area (Å²) < 4.78 is 12.2. The molecule has 1 aromatic carbocycles. The van der Waals surface area contributed by atoms with Crippen LogP contribution in [0.5, 0.6) is 5.75 Å². The first-order chi connectivity index (χ1) is 11.7. The maximum atomic E-state index is 12.4. The number of anilines is 1. The Morgan fingerprint density at radius 3 is 2.67 bits per heavy atom. The molecular formula is C17H20N4O3. The highest BCUT2D eigenvalue weighted by Crippen LogP contribution is 2.36. The Labute approximate surface area is 140 Å². The van der Waals surface area contributed by atoms with Crippen LogP contribution in [0.1, 0.15) is 31.9 Å². The molecule has 2 aromatic rings. The van der Waals surface area contributed by atoms with E-state index < -0.39 is 0 Å². The molecule has 0 spiro atoms. The summed E-state index contributed by atoms with van der Waals surface area (Å²) in [5.74, 6) is 1.02. The predicted molar refractivity (Wildman–Crippen MR) is 88.7 cm³/mol. The molecule has 2 heterocycles. The first kappa shape index (κ1) is 16.0. The molecule has 0 saturated heterocycles. The highest BCUT2D eigenvalue weighted by molar-refractivity contribution is 5.92. The number of hydrogen-bond donors (Lipinski definition) is 1. The molecule has 1 aromatic heterocycles. The van der Waals surface area contributed by atoms with Crippen LogP contribution in [0.15, 0.2) is 41.9 Å². The fourth-order valence-corrected chi connectivity index (χ4v) is 2.86. The Morgan fingerprint density at radius 1 is 1.29 bits per heavy atom. The van der Waals surface area contributed by atoms with Gasteiger partial charge in [0.25, 0.3) is 0 Å². The van der Waals surface area contributed by atoms with Gasteiger partial charge in [-0.2, -0.15) is 10.1 Å². The number of carbonyl (C=O) groups excluding carboxylic acids is 1. The van der Waals surface area contributed by atoms with Crippen LogP contribution in [0.3, 0.4) is 0 Å². The van der Waals surface area contributed by atoms with Crippen LogP contribution in [-0.4, -0.2) is 34.5 Å². The average Bonchev–Trinajstić information content (AvgIpc) is 3.08. The van der Waals surface area contributed by atoms with Crippen molar-refractivity contribution in [2.75, 3.05) is 19.0 Å². The number of fused-ring (bicyclic) bond motifs is 1. The Morgan fingerprint density at radius 2 is 2.04 bits per heavy atom. The van der Waals surface area contributed by atoms with Gasteiger partial charge in [0.05, 0.1) is 19.3 Å². The summed E-state index contributed by atoms with van der Waals surface area (Å²) >= 11 is 0. The lowest BCUT2D eigenvalue weighted by Gasteiger charge is -2.28. The summed E-state index contributed by atoms with van der Waals surface area (Å²) in [7, 11) is 1.38. The van der Waals surface area contributed by atoms with E-state index in [9.17, 15) is 4.79 Å². The summed E-state index contributed by atoms with van der Waals surface area (Å²) in [5, 5.41) is 7.45. The largest absolute Gasteiger partial charge is 0.494 e. The molecular weight excluding hydrogens is 308 g/mol. The second-order valence-corrected chi connectivity index (χ2v) is 5.30. The number of aromatic nitrogens is 3. The van der Waals surface area contributed by atoms with E-state index in [0.717, 1.165) is 17.0 Å². The van der Waals surface area contributed by atoms with E-state index in [0.29, 0.717) is 24.5 Å². The number of allylic oxidation sites excluding steroid dienone is 1. The van der Waals surface area contributed by atoms with E-state index in [-0.39, 0.29) is 12.0 Å². The minimum atomic E-state index is -0.387. The number of esters is 1. The average molecular weight is 328 g/mol. The van der Waals surface area contributed by atoms with Gasteiger partial charge < -0.3 is 14.8 Å². The van der Waals surface area contributed by atoms with Crippen molar-refractivity contribution >= 4 is 11.9 Å². The van der Waals surface area contributed by atoms with Crippen molar-refractivity contribution in [3.05, 3.63) is 47.4 Å². The standard InChI is InChI=1S/C17H20N4O3/c1-4-13-14(16(22)23-3)15(21-17(20-13)18-10-19-21)11-6-8-12(9-7-11)24-5-2/h6-10,15H,4-5H2,1-3H3,(H,18,19,20). The number of nitrogens with zero attached hydrogens (tertiary/aromatic N) is 3. The van der Waals surface area contributed by atoms with Gasteiger partial charge in [0, 0.05) is 5.70 Å². The Bertz CT molecular complexity index is 764. The van der Waals surface area contributed by atoms with Crippen molar-refractivity contribution in [1.82, 2.24) is 14.8 Å². The van der Waals surface area contributed by atoms with Gasteiger partial charge in [0.15, 0.2) is 0 Å². The van der Waals surface area contributed by atoms with Crippen molar-refractivity contribution in [2.24, 2.45) is 0 Å². The second kappa shape index (κ2) is 6.74. The molecule has 1 aliphatic rings. The third kappa shape index (κ3) is 2.73. The minimum absolute atomic E-state index is 0.376. The molecule has 0 aliphatic carbocycles. The van der Waals surface area contributed by atoms with Gasteiger partial charge >= 0.3 is 5.97 Å². The number of hydrogen-bond acceptors (Lipinski definition) is 6. The summed E-state index contributed by atoms with van der Waals surface area (Å²) in [4.78, 5) is 16.6. The van der Waals surface area contributed by atoms with Gasteiger partial charge in [-0.05, 0) is 31.0 Å². The molecule has 1 atom stereocenters. The number of carbonyl (C=O) groups is 1. The Balaban J connectivity index is 2.10. The first-order valence-electron chi connectivity index (χ1n) is 7.90. The van der Waals surface area contributed by atoms with E-state index in [4.69, 9.17) is 9.47 Å². The molecule has 0 saturated carbocycles. The number of nitrogens with one attached hydrogen (secondary N) is 1. The van der Waals surface area contributed by atoms with Crippen molar-refractivity contribution < 1.29 is 14.3 Å². The number of methoxy groups -OCH3 is 1. The van der Waals surface area contributed by atoms with Crippen molar-refractivity contribution in [2.45, 2.75) is 26.3 Å². The van der Waals surface area contributed by atoms with Crippen LogP contribution in [0.2, 0.25) is 0 Å². The lowest BCUT2D eigenvalue weighted by atomic mass is 9.94. The van der Waals surface area contributed by atoms with Crippen LogP contribution in [0.4, 0.5) is 5.95 Å². The summed E-state index contributed by atoms with van der Waals surface area (Å²) in [6, 6.07) is 7.25. The van der Waals surface area contributed by atoms with Crippen LogP contribution < -0.4 is 10.1 Å². The molecule has 3 rings (SSSR count). The van der Waals surface area contributed by atoms with Gasteiger partial charge in [0.2, 0.25) is 5.95 Å². The van der Waals surface area contributed by atoms with Crippen molar-refractivity contribution in [1.29, 1.82) is 0 Å². The molecule has 7 nitrogen and oxygen atoms in total. The normalized spacial score (nSPS) is 16.4. The zero-order chi connectivity index (χ0) is 17.1. The molecule has 1 N–H and O–H groups in total. The van der Waals surface area contributed by atoms with E-state index in [2.05, 4.69) is 15.4 Å². The van der Waals surface area contributed by atoms with Gasteiger partial charge in [-0.25, -0.2) is 9.48 Å². The number of ether oxygens (including phenoxy) is 2. The molecule has 0 radical (unpaired) electrons. The highest BCUT2D eigenvalue weighted by atomic mass is 16.5. The molecule has 1 aliphatic heterocycles. The predicted octanol–water partition coefficient (Wildman–Crippen LogP) is 2.53. The monoisotopic (exact) mass is 328 g/mol. The third-order valence-corrected chi connectivity index (χ3v) is 3.94. The summed E-state index contributed by atoms with van der Waals surface area (Å²) in [5.41, 5.74) is 2.25. The third-order valence-electron chi connectivity index (χ3n) is 3.94. The number of rotatable bonds is 5. The van der Waals surface area contributed by atoms with E-state index in [1.165, 1.54) is 13.4 Å². The van der Waals surface area contributed by atoms with E-state index in [1.807, 2.05) is 38.1 Å². The summed E-state index contributed by atoms with van der Waals surface area (Å²) in [6.07, 6.45) is 2.13.